The minimum absolute atomic E-state index is 0.212. The Kier molecular flexibility index (Phi) is 5.37. The first-order valence-corrected chi connectivity index (χ1v) is 7.59. The van der Waals surface area contributed by atoms with Crippen molar-refractivity contribution in [3.8, 4) is 0 Å². The summed E-state index contributed by atoms with van der Waals surface area (Å²) in [6.45, 7) is 3.85. The largest absolute Gasteiger partial charge is 0.452 e. The number of amides is 1. The molecule has 1 aromatic carbocycles. The van der Waals surface area contributed by atoms with Crippen LogP contribution in [0.1, 0.15) is 48.5 Å². The fourth-order valence-electron chi connectivity index (χ4n) is 2.77. The monoisotopic (exact) mass is 289 g/mol. The molecule has 4 nitrogen and oxygen atoms in total. The summed E-state index contributed by atoms with van der Waals surface area (Å²) in [5.74, 6) is -0.171. The maximum absolute atomic E-state index is 11.9. The van der Waals surface area contributed by atoms with Gasteiger partial charge in [0, 0.05) is 6.04 Å². The van der Waals surface area contributed by atoms with E-state index in [0.29, 0.717) is 11.5 Å². The van der Waals surface area contributed by atoms with Gasteiger partial charge in [-0.15, -0.1) is 0 Å². The van der Waals surface area contributed by atoms with E-state index in [9.17, 15) is 9.59 Å². The smallest absolute Gasteiger partial charge is 0.338 e. The van der Waals surface area contributed by atoms with Gasteiger partial charge in [-0.3, -0.25) is 4.79 Å². The van der Waals surface area contributed by atoms with E-state index in [0.717, 1.165) is 24.8 Å². The van der Waals surface area contributed by atoms with Crippen molar-refractivity contribution in [3.05, 3.63) is 35.4 Å². The number of aryl methyl sites for hydroxylation is 1. The van der Waals surface area contributed by atoms with Crippen molar-refractivity contribution in [1.82, 2.24) is 5.32 Å². The van der Waals surface area contributed by atoms with Crippen molar-refractivity contribution < 1.29 is 14.3 Å². The zero-order valence-corrected chi connectivity index (χ0v) is 12.7. The third-order valence-electron chi connectivity index (χ3n) is 4.05. The standard InChI is InChI=1S/C17H23NO3/c1-12-6-5-8-14(10-12)17(20)21-11-16(19)18-15-9-4-3-7-13(15)2/h5-6,8,10,13,15H,3-4,7,9,11H2,1-2H3,(H,18,19)/t13-,15+/m1/s1. The van der Waals surface area contributed by atoms with Crippen molar-refractivity contribution in [2.24, 2.45) is 5.92 Å². The van der Waals surface area contributed by atoms with Gasteiger partial charge in [-0.05, 0) is 37.8 Å². The average molecular weight is 289 g/mol. The highest BCUT2D eigenvalue weighted by molar-refractivity contribution is 5.91. The molecule has 0 radical (unpaired) electrons. The number of ether oxygens (including phenoxy) is 1. The van der Waals surface area contributed by atoms with Gasteiger partial charge < -0.3 is 10.1 Å². The van der Waals surface area contributed by atoms with Gasteiger partial charge in [0.2, 0.25) is 0 Å². The molecule has 0 aromatic heterocycles. The zero-order chi connectivity index (χ0) is 15.2. The molecule has 4 heteroatoms. The van der Waals surface area contributed by atoms with Gasteiger partial charge in [-0.2, -0.15) is 0 Å². The summed E-state index contributed by atoms with van der Waals surface area (Å²) in [7, 11) is 0. The molecule has 1 amide bonds. The van der Waals surface area contributed by atoms with Crippen LogP contribution in [0.15, 0.2) is 24.3 Å². The third kappa shape index (κ3) is 4.59. The fraction of sp³-hybridized carbons (Fsp3) is 0.529. The second-order valence-electron chi connectivity index (χ2n) is 5.88. The number of rotatable bonds is 4. The molecule has 2 rings (SSSR count). The van der Waals surface area contributed by atoms with Gasteiger partial charge >= 0.3 is 5.97 Å². The molecule has 1 N–H and O–H groups in total. The summed E-state index contributed by atoms with van der Waals surface area (Å²) in [5.41, 5.74) is 1.47. The lowest BCUT2D eigenvalue weighted by Crippen LogP contribution is -2.42. The van der Waals surface area contributed by atoms with E-state index in [4.69, 9.17) is 4.74 Å². The molecule has 1 fully saturated rings. The lowest BCUT2D eigenvalue weighted by atomic mass is 9.86. The van der Waals surface area contributed by atoms with E-state index in [1.54, 1.807) is 18.2 Å². The topological polar surface area (TPSA) is 55.4 Å². The van der Waals surface area contributed by atoms with E-state index in [-0.39, 0.29) is 18.6 Å². The van der Waals surface area contributed by atoms with Crippen LogP contribution < -0.4 is 5.32 Å². The van der Waals surface area contributed by atoms with Gasteiger partial charge in [0.25, 0.3) is 5.91 Å². The van der Waals surface area contributed by atoms with Crippen LogP contribution in [0.25, 0.3) is 0 Å². The van der Waals surface area contributed by atoms with Crippen LogP contribution in [0.3, 0.4) is 0 Å². The van der Waals surface area contributed by atoms with Crippen LogP contribution in [0, 0.1) is 12.8 Å². The molecule has 21 heavy (non-hydrogen) atoms. The Morgan fingerprint density at radius 1 is 1.29 bits per heavy atom. The first-order valence-electron chi connectivity index (χ1n) is 7.59. The molecule has 1 aromatic rings. The maximum Gasteiger partial charge on any atom is 0.338 e. The first kappa shape index (κ1) is 15.5. The minimum atomic E-state index is -0.453. The molecule has 1 saturated carbocycles. The normalized spacial score (nSPS) is 21.6. The summed E-state index contributed by atoms with van der Waals surface area (Å²) in [5, 5.41) is 2.97. The molecule has 0 heterocycles. The van der Waals surface area contributed by atoms with Crippen molar-refractivity contribution in [3.63, 3.8) is 0 Å². The van der Waals surface area contributed by atoms with Crippen molar-refractivity contribution in [1.29, 1.82) is 0 Å². The molecule has 0 saturated heterocycles. The van der Waals surface area contributed by atoms with Crippen LogP contribution in [-0.2, 0) is 9.53 Å². The predicted molar refractivity (Wildman–Crippen MR) is 81.0 cm³/mol. The first-order chi connectivity index (χ1) is 10.1. The molecule has 2 atom stereocenters. The zero-order valence-electron chi connectivity index (χ0n) is 12.7. The molecule has 0 spiro atoms. The maximum atomic E-state index is 11.9. The van der Waals surface area contributed by atoms with Crippen molar-refractivity contribution in [2.45, 2.75) is 45.6 Å². The van der Waals surface area contributed by atoms with Crippen LogP contribution in [0.2, 0.25) is 0 Å². The van der Waals surface area contributed by atoms with E-state index < -0.39 is 5.97 Å². The van der Waals surface area contributed by atoms with Crippen LogP contribution in [-0.4, -0.2) is 24.5 Å². The molecular weight excluding hydrogens is 266 g/mol. The molecular formula is C17H23NO3. The lowest BCUT2D eigenvalue weighted by molar-refractivity contribution is -0.125. The van der Waals surface area contributed by atoms with Gasteiger partial charge in [0.15, 0.2) is 6.61 Å². The van der Waals surface area contributed by atoms with Crippen LogP contribution >= 0.6 is 0 Å². The Balaban J connectivity index is 1.79. The van der Waals surface area contributed by atoms with Crippen LogP contribution in [0.5, 0.6) is 0 Å². The highest BCUT2D eigenvalue weighted by atomic mass is 16.5. The summed E-state index contributed by atoms with van der Waals surface area (Å²) in [6.07, 6.45) is 4.54. The molecule has 0 bridgehead atoms. The number of esters is 1. The summed E-state index contributed by atoms with van der Waals surface area (Å²) in [4.78, 5) is 23.7. The predicted octanol–water partition coefficient (Wildman–Crippen LogP) is 2.85. The third-order valence-corrected chi connectivity index (χ3v) is 4.05. The molecule has 0 aliphatic heterocycles. The minimum Gasteiger partial charge on any atom is -0.452 e. The molecule has 114 valence electrons. The molecule has 0 unspecified atom stereocenters. The Hall–Kier alpha value is -1.84. The van der Waals surface area contributed by atoms with E-state index in [1.807, 2.05) is 13.0 Å². The van der Waals surface area contributed by atoms with E-state index in [1.165, 1.54) is 6.42 Å². The number of hydrogen-bond donors (Lipinski definition) is 1. The number of carbonyl (C=O) groups is 2. The van der Waals surface area contributed by atoms with E-state index >= 15 is 0 Å². The highest BCUT2D eigenvalue weighted by Crippen LogP contribution is 2.23. The molecule has 1 aliphatic rings. The SMILES string of the molecule is Cc1cccc(C(=O)OCC(=O)N[C@H]2CCCC[C@H]2C)c1. The number of nitrogens with one attached hydrogen (secondary N) is 1. The Morgan fingerprint density at radius 3 is 2.76 bits per heavy atom. The van der Waals surface area contributed by atoms with E-state index in [2.05, 4.69) is 12.2 Å². The lowest BCUT2D eigenvalue weighted by Gasteiger charge is -2.29. The Morgan fingerprint density at radius 2 is 2.05 bits per heavy atom. The van der Waals surface area contributed by atoms with Gasteiger partial charge in [0.05, 0.1) is 5.56 Å². The van der Waals surface area contributed by atoms with Gasteiger partial charge in [-0.25, -0.2) is 4.79 Å². The number of benzene rings is 1. The second-order valence-corrected chi connectivity index (χ2v) is 5.88. The quantitative estimate of drug-likeness (QED) is 0.867. The number of hydrogen-bond acceptors (Lipinski definition) is 3. The van der Waals surface area contributed by atoms with Gasteiger partial charge in [-0.1, -0.05) is 37.5 Å². The van der Waals surface area contributed by atoms with Gasteiger partial charge in [0.1, 0.15) is 0 Å². The summed E-state index contributed by atoms with van der Waals surface area (Å²) in [6, 6.07) is 7.37. The number of carbonyl (C=O) groups excluding carboxylic acids is 2. The fourth-order valence-corrected chi connectivity index (χ4v) is 2.77. The Labute approximate surface area is 125 Å². The van der Waals surface area contributed by atoms with Crippen molar-refractivity contribution in [2.75, 3.05) is 6.61 Å². The molecule has 1 aliphatic carbocycles. The average Bonchev–Trinajstić information content (AvgIpc) is 2.47. The highest BCUT2D eigenvalue weighted by Gasteiger charge is 2.23. The summed E-state index contributed by atoms with van der Waals surface area (Å²) < 4.78 is 5.07. The van der Waals surface area contributed by atoms with Crippen molar-refractivity contribution >= 4 is 11.9 Å². The Bertz CT molecular complexity index is 513. The second kappa shape index (κ2) is 7.25. The van der Waals surface area contributed by atoms with Crippen LogP contribution in [0.4, 0.5) is 0 Å². The summed E-state index contributed by atoms with van der Waals surface area (Å²) >= 11 is 0.